The van der Waals surface area contributed by atoms with E-state index in [0.29, 0.717) is 5.56 Å². The molecule has 25 heavy (non-hydrogen) atoms. The molecule has 0 atom stereocenters. The number of benzene rings is 1. The molecule has 0 unspecified atom stereocenters. The van der Waals surface area contributed by atoms with E-state index in [2.05, 4.69) is 10.6 Å². The predicted octanol–water partition coefficient (Wildman–Crippen LogP) is 3.24. The molecule has 1 amide bonds. The molecule has 0 aliphatic heterocycles. The normalized spacial score (nSPS) is 15.3. The van der Waals surface area contributed by atoms with Gasteiger partial charge < -0.3 is 21.8 Å². The summed E-state index contributed by atoms with van der Waals surface area (Å²) < 4.78 is 14.2. The molecule has 5 N–H and O–H groups in total. The van der Waals surface area contributed by atoms with Gasteiger partial charge in [0.2, 0.25) is 5.91 Å². The standard InChI is InChI=1S/C18H19FN4OS/c1-22-18(6-7-18)17(24)23-16-9-12(15(21)10-13(16)19)14(20)5-4-11-3-2-8-25-11/h2-5,8-10,20,22H,6-7,21H2,1H3,(H,23,24)/b5-4+,20-14?. The molecular weight excluding hydrogens is 339 g/mol. The van der Waals surface area contributed by atoms with Crippen molar-refractivity contribution in [3.63, 3.8) is 0 Å². The van der Waals surface area contributed by atoms with Crippen LogP contribution in [-0.4, -0.2) is 24.2 Å². The minimum atomic E-state index is -0.614. The fourth-order valence-corrected chi connectivity index (χ4v) is 3.13. The first-order chi connectivity index (χ1) is 11.9. The number of carbonyl (C=O) groups excluding carboxylic acids is 1. The van der Waals surface area contributed by atoms with Crippen molar-refractivity contribution in [1.29, 1.82) is 5.41 Å². The molecule has 0 bridgehead atoms. The minimum Gasteiger partial charge on any atom is -0.398 e. The van der Waals surface area contributed by atoms with E-state index in [1.807, 2.05) is 17.5 Å². The molecule has 1 fully saturated rings. The van der Waals surface area contributed by atoms with Gasteiger partial charge in [0.05, 0.1) is 16.9 Å². The second-order valence-electron chi connectivity index (χ2n) is 5.97. The molecule has 1 heterocycles. The molecule has 0 saturated heterocycles. The van der Waals surface area contributed by atoms with Gasteiger partial charge in [-0.3, -0.25) is 4.79 Å². The molecule has 3 rings (SSSR count). The molecule has 1 aromatic carbocycles. The first-order valence-electron chi connectivity index (χ1n) is 7.85. The van der Waals surface area contributed by atoms with Gasteiger partial charge in [-0.25, -0.2) is 4.39 Å². The highest BCUT2D eigenvalue weighted by Gasteiger charge is 2.48. The molecule has 0 spiro atoms. The zero-order chi connectivity index (χ0) is 18.0. The number of rotatable bonds is 6. The monoisotopic (exact) mass is 358 g/mol. The van der Waals surface area contributed by atoms with E-state index in [4.69, 9.17) is 11.1 Å². The lowest BCUT2D eigenvalue weighted by Gasteiger charge is -2.16. The smallest absolute Gasteiger partial charge is 0.244 e. The molecule has 1 saturated carbocycles. The Bertz CT molecular complexity index is 841. The number of anilines is 2. The van der Waals surface area contributed by atoms with Crippen LogP contribution in [0.1, 0.15) is 23.3 Å². The number of hydrogen-bond acceptors (Lipinski definition) is 5. The molecule has 2 aromatic rings. The zero-order valence-corrected chi connectivity index (χ0v) is 14.5. The van der Waals surface area contributed by atoms with Gasteiger partial charge in [0.15, 0.2) is 0 Å². The van der Waals surface area contributed by atoms with Gasteiger partial charge in [0.1, 0.15) is 5.82 Å². The maximum Gasteiger partial charge on any atom is 0.244 e. The van der Waals surface area contributed by atoms with Gasteiger partial charge in [-0.1, -0.05) is 6.07 Å². The van der Waals surface area contributed by atoms with Crippen LogP contribution in [0.25, 0.3) is 6.08 Å². The molecule has 1 aliphatic rings. The van der Waals surface area contributed by atoms with Crippen molar-refractivity contribution in [3.8, 4) is 0 Å². The van der Waals surface area contributed by atoms with E-state index in [-0.39, 0.29) is 23.0 Å². The number of nitrogens with two attached hydrogens (primary N) is 1. The third kappa shape index (κ3) is 3.62. The topological polar surface area (TPSA) is 91.0 Å². The van der Waals surface area contributed by atoms with Crippen LogP contribution < -0.4 is 16.4 Å². The van der Waals surface area contributed by atoms with Crippen LogP contribution in [-0.2, 0) is 4.79 Å². The largest absolute Gasteiger partial charge is 0.398 e. The maximum absolute atomic E-state index is 14.2. The van der Waals surface area contributed by atoms with Crippen molar-refractivity contribution in [2.45, 2.75) is 18.4 Å². The molecule has 1 aromatic heterocycles. The first kappa shape index (κ1) is 17.3. The molecule has 5 nitrogen and oxygen atoms in total. The van der Waals surface area contributed by atoms with Crippen LogP contribution in [0, 0.1) is 11.2 Å². The summed E-state index contributed by atoms with van der Waals surface area (Å²) in [6.07, 6.45) is 4.85. The van der Waals surface area contributed by atoms with Gasteiger partial charge in [0.25, 0.3) is 0 Å². The average Bonchev–Trinajstić information content (AvgIpc) is 3.23. The van der Waals surface area contributed by atoms with Crippen LogP contribution in [0.5, 0.6) is 0 Å². The number of hydrogen-bond donors (Lipinski definition) is 4. The summed E-state index contributed by atoms with van der Waals surface area (Å²) in [5.41, 5.74) is 5.96. The highest BCUT2D eigenvalue weighted by molar-refractivity contribution is 7.10. The number of carbonyl (C=O) groups is 1. The summed E-state index contributed by atoms with van der Waals surface area (Å²) in [6, 6.07) is 6.40. The second-order valence-corrected chi connectivity index (χ2v) is 6.95. The molecular formula is C18H19FN4OS. The summed E-state index contributed by atoms with van der Waals surface area (Å²) >= 11 is 1.55. The third-order valence-electron chi connectivity index (χ3n) is 4.30. The first-order valence-corrected chi connectivity index (χ1v) is 8.73. The average molecular weight is 358 g/mol. The van der Waals surface area contributed by atoms with Crippen molar-refractivity contribution in [3.05, 3.63) is 52.0 Å². The van der Waals surface area contributed by atoms with Gasteiger partial charge in [-0.2, -0.15) is 0 Å². The second kappa shape index (κ2) is 6.78. The van der Waals surface area contributed by atoms with Crippen molar-refractivity contribution < 1.29 is 9.18 Å². The number of likely N-dealkylation sites (N-methyl/N-ethyl adjacent to an activating group) is 1. The van der Waals surface area contributed by atoms with E-state index < -0.39 is 11.4 Å². The van der Waals surface area contributed by atoms with E-state index >= 15 is 0 Å². The van der Waals surface area contributed by atoms with Crippen molar-refractivity contribution in [2.24, 2.45) is 0 Å². The fraction of sp³-hybridized carbons (Fsp3) is 0.222. The van der Waals surface area contributed by atoms with E-state index in [9.17, 15) is 9.18 Å². The Morgan fingerprint density at radius 3 is 2.80 bits per heavy atom. The quantitative estimate of drug-likeness (QED) is 0.472. The van der Waals surface area contributed by atoms with Gasteiger partial charge in [0, 0.05) is 16.1 Å². The van der Waals surface area contributed by atoms with E-state index in [0.717, 1.165) is 23.8 Å². The van der Waals surface area contributed by atoms with Crippen LogP contribution in [0.15, 0.2) is 35.7 Å². The Kier molecular flexibility index (Phi) is 4.69. The van der Waals surface area contributed by atoms with Crippen LogP contribution in [0.4, 0.5) is 15.8 Å². The number of nitrogen functional groups attached to an aromatic ring is 1. The highest BCUT2D eigenvalue weighted by Crippen LogP contribution is 2.36. The Balaban J connectivity index is 1.82. The maximum atomic E-state index is 14.2. The number of halogens is 1. The predicted molar refractivity (Wildman–Crippen MR) is 101 cm³/mol. The fourth-order valence-electron chi connectivity index (χ4n) is 2.52. The summed E-state index contributed by atoms with van der Waals surface area (Å²) in [6.45, 7) is 0. The Hall–Kier alpha value is -2.51. The van der Waals surface area contributed by atoms with Crippen molar-refractivity contribution in [2.75, 3.05) is 18.1 Å². The lowest BCUT2D eigenvalue weighted by molar-refractivity contribution is -0.119. The van der Waals surface area contributed by atoms with E-state index in [1.54, 1.807) is 30.5 Å². The van der Waals surface area contributed by atoms with Crippen LogP contribution in [0.2, 0.25) is 0 Å². The highest BCUT2D eigenvalue weighted by atomic mass is 32.1. The molecule has 0 radical (unpaired) electrons. The van der Waals surface area contributed by atoms with Crippen molar-refractivity contribution >= 4 is 40.4 Å². The lowest BCUT2D eigenvalue weighted by Crippen LogP contribution is -2.40. The zero-order valence-electron chi connectivity index (χ0n) is 13.7. The summed E-state index contributed by atoms with van der Waals surface area (Å²) in [5.74, 6) is -0.887. The van der Waals surface area contributed by atoms with Crippen molar-refractivity contribution in [1.82, 2.24) is 5.32 Å². The minimum absolute atomic E-state index is 0.0324. The molecule has 130 valence electrons. The van der Waals surface area contributed by atoms with Crippen LogP contribution in [0.3, 0.4) is 0 Å². The van der Waals surface area contributed by atoms with Gasteiger partial charge in [-0.05, 0) is 55.6 Å². The van der Waals surface area contributed by atoms with Gasteiger partial charge in [-0.15, -0.1) is 11.3 Å². The Morgan fingerprint density at radius 1 is 1.44 bits per heavy atom. The summed E-state index contributed by atoms with van der Waals surface area (Å²) in [5, 5.41) is 15.7. The van der Waals surface area contributed by atoms with E-state index in [1.165, 1.54) is 6.07 Å². The SMILES string of the molecule is CNC1(C(=O)Nc2cc(C(=N)/C=C/c3cccs3)c(N)cc2F)CC1. The summed E-state index contributed by atoms with van der Waals surface area (Å²) in [4.78, 5) is 13.3. The number of thiophene rings is 1. The number of amides is 1. The number of nitrogens with one attached hydrogen (secondary N) is 3. The Labute approximate surface area is 149 Å². The molecule has 1 aliphatic carbocycles. The van der Waals surface area contributed by atoms with Crippen LogP contribution >= 0.6 is 11.3 Å². The Morgan fingerprint density at radius 2 is 2.20 bits per heavy atom. The lowest BCUT2D eigenvalue weighted by atomic mass is 10.1. The number of allylic oxidation sites excluding steroid dienone is 1. The summed E-state index contributed by atoms with van der Waals surface area (Å²) in [7, 11) is 1.71. The van der Waals surface area contributed by atoms with Gasteiger partial charge >= 0.3 is 0 Å². The molecule has 7 heteroatoms. The third-order valence-corrected chi connectivity index (χ3v) is 5.14.